The Hall–Kier alpha value is -3.56. The van der Waals surface area contributed by atoms with Crippen LogP contribution in [-0.4, -0.2) is 39.6 Å². The molecule has 0 spiro atoms. The van der Waals surface area contributed by atoms with Crippen LogP contribution in [0.25, 0.3) is 5.82 Å². The number of pyridine rings is 1. The van der Waals surface area contributed by atoms with E-state index in [0.29, 0.717) is 29.9 Å². The second kappa shape index (κ2) is 10.6. The molecule has 3 aromatic rings. The molecule has 0 aliphatic carbocycles. The number of rotatable bonds is 10. The number of aliphatic carboxylic acids is 1. The summed E-state index contributed by atoms with van der Waals surface area (Å²) in [4.78, 5) is 15.2. The minimum atomic E-state index is -4.47. The number of methoxy groups -OCH3 is 1. The molecular formula is C24H26F3N3O4. The summed E-state index contributed by atoms with van der Waals surface area (Å²) in [6.07, 6.45) is -0.715. The molecule has 3 rings (SSSR count). The van der Waals surface area contributed by atoms with E-state index in [1.54, 1.807) is 24.4 Å². The quantitative estimate of drug-likeness (QED) is 0.411. The van der Waals surface area contributed by atoms with Crippen LogP contribution in [0.3, 0.4) is 0 Å². The molecule has 0 saturated heterocycles. The smallest absolute Gasteiger partial charge is 0.416 e. The lowest BCUT2D eigenvalue weighted by Gasteiger charge is -2.14. The molecule has 2 aromatic heterocycles. The van der Waals surface area contributed by atoms with E-state index in [4.69, 9.17) is 14.6 Å². The number of ether oxygens (including phenoxy) is 2. The van der Waals surface area contributed by atoms with Crippen molar-refractivity contribution >= 4 is 5.97 Å². The summed E-state index contributed by atoms with van der Waals surface area (Å²) in [5.41, 5.74) is 1.37. The Morgan fingerprint density at radius 3 is 2.62 bits per heavy atom. The van der Waals surface area contributed by atoms with E-state index in [1.165, 1.54) is 11.8 Å². The summed E-state index contributed by atoms with van der Waals surface area (Å²) < 4.78 is 51.8. The molecule has 0 unspecified atom stereocenters. The van der Waals surface area contributed by atoms with Crippen molar-refractivity contribution in [3.63, 3.8) is 0 Å². The number of carboxylic acid groups (broad SMARTS) is 1. The zero-order valence-electron chi connectivity index (χ0n) is 19.1. The van der Waals surface area contributed by atoms with E-state index in [1.807, 2.05) is 13.8 Å². The van der Waals surface area contributed by atoms with Crippen LogP contribution in [-0.2, 0) is 23.8 Å². The average molecular weight is 477 g/mol. The monoisotopic (exact) mass is 477 g/mol. The van der Waals surface area contributed by atoms with Crippen LogP contribution in [0.4, 0.5) is 13.2 Å². The number of hydrogen-bond donors (Lipinski definition) is 1. The summed E-state index contributed by atoms with van der Waals surface area (Å²) >= 11 is 0. The highest BCUT2D eigenvalue weighted by molar-refractivity contribution is 5.72. The van der Waals surface area contributed by atoms with E-state index < -0.39 is 17.7 Å². The van der Waals surface area contributed by atoms with E-state index in [2.05, 4.69) is 10.1 Å². The van der Waals surface area contributed by atoms with Crippen LogP contribution in [0, 0.1) is 0 Å². The Morgan fingerprint density at radius 2 is 1.97 bits per heavy atom. The highest BCUT2D eigenvalue weighted by atomic mass is 19.4. The van der Waals surface area contributed by atoms with Crippen molar-refractivity contribution < 1.29 is 32.5 Å². The maximum absolute atomic E-state index is 13.1. The van der Waals surface area contributed by atoms with Gasteiger partial charge in [0.05, 0.1) is 31.4 Å². The average Bonchev–Trinajstić information content (AvgIpc) is 3.21. The molecule has 0 bridgehead atoms. The minimum Gasteiger partial charge on any atom is -0.493 e. The maximum atomic E-state index is 13.1. The number of nitrogens with zero attached hydrogens (tertiary/aromatic N) is 3. The normalized spacial score (nSPS) is 11.6. The lowest BCUT2D eigenvalue weighted by Crippen LogP contribution is -2.07. The predicted molar refractivity (Wildman–Crippen MR) is 119 cm³/mol. The highest BCUT2D eigenvalue weighted by Crippen LogP contribution is 2.32. The van der Waals surface area contributed by atoms with Crippen molar-refractivity contribution in [2.24, 2.45) is 0 Å². The van der Waals surface area contributed by atoms with Gasteiger partial charge in [0, 0.05) is 18.0 Å². The Bertz CT molecular complexity index is 1140. The van der Waals surface area contributed by atoms with Crippen LogP contribution in [0.1, 0.15) is 48.6 Å². The van der Waals surface area contributed by atoms with Gasteiger partial charge >= 0.3 is 12.1 Å². The number of para-hydroxylation sites is 1. The molecule has 0 saturated carbocycles. The number of aromatic nitrogens is 3. The molecule has 1 aromatic carbocycles. The van der Waals surface area contributed by atoms with Crippen LogP contribution >= 0.6 is 0 Å². The predicted octanol–water partition coefficient (Wildman–Crippen LogP) is 5.06. The molecule has 7 nitrogen and oxygen atoms in total. The van der Waals surface area contributed by atoms with Crippen LogP contribution in [0.5, 0.6) is 11.5 Å². The van der Waals surface area contributed by atoms with Crippen molar-refractivity contribution in [3.8, 4) is 17.3 Å². The maximum Gasteiger partial charge on any atom is 0.416 e. The Morgan fingerprint density at radius 1 is 1.21 bits per heavy atom. The second-order valence-electron chi connectivity index (χ2n) is 8.01. The van der Waals surface area contributed by atoms with Crippen molar-refractivity contribution in [1.82, 2.24) is 14.8 Å². The SMILES string of the molecule is COc1cccc(CC(=O)O)c1OCCCc1cn(-c2cc(C(F)(F)F)ccn2)nc1C(C)C. The van der Waals surface area contributed by atoms with Crippen molar-refractivity contribution in [1.29, 1.82) is 0 Å². The van der Waals surface area contributed by atoms with Gasteiger partial charge in [0.2, 0.25) is 0 Å². The zero-order valence-corrected chi connectivity index (χ0v) is 19.1. The molecule has 0 atom stereocenters. The molecule has 0 aliphatic rings. The van der Waals surface area contributed by atoms with Gasteiger partial charge in [0.25, 0.3) is 0 Å². The molecule has 0 radical (unpaired) electrons. The fraction of sp³-hybridized carbons (Fsp3) is 0.375. The van der Waals surface area contributed by atoms with Crippen molar-refractivity contribution in [3.05, 3.63) is 65.1 Å². The van der Waals surface area contributed by atoms with Gasteiger partial charge in [-0.05, 0) is 42.5 Å². The third-order valence-corrected chi connectivity index (χ3v) is 5.14. The molecule has 0 amide bonds. The van der Waals surface area contributed by atoms with Crippen LogP contribution in [0.2, 0.25) is 0 Å². The van der Waals surface area contributed by atoms with Gasteiger partial charge in [0.1, 0.15) is 0 Å². The van der Waals surface area contributed by atoms with Crippen LogP contribution in [0.15, 0.2) is 42.7 Å². The lowest BCUT2D eigenvalue weighted by atomic mass is 10.0. The van der Waals surface area contributed by atoms with E-state index in [0.717, 1.165) is 29.6 Å². The van der Waals surface area contributed by atoms with Gasteiger partial charge in [-0.2, -0.15) is 18.3 Å². The lowest BCUT2D eigenvalue weighted by molar-refractivity contribution is -0.138. The third-order valence-electron chi connectivity index (χ3n) is 5.14. The first kappa shape index (κ1) is 25.1. The molecule has 10 heteroatoms. The largest absolute Gasteiger partial charge is 0.493 e. The second-order valence-corrected chi connectivity index (χ2v) is 8.01. The van der Waals surface area contributed by atoms with E-state index >= 15 is 0 Å². The number of aryl methyl sites for hydroxylation is 1. The minimum absolute atomic E-state index is 0.0550. The standard InChI is InChI=1S/C24H26F3N3O4/c1-15(2)22-17(14-30(29-22)20-13-18(9-10-28-20)24(25,26)27)7-5-11-34-23-16(12-21(31)32)6-4-8-19(23)33-3/h4,6,8-10,13-15H,5,7,11-12H2,1-3H3,(H,31,32). The summed E-state index contributed by atoms with van der Waals surface area (Å²) in [6, 6.07) is 6.97. The molecule has 2 heterocycles. The molecule has 1 N–H and O–H groups in total. The first-order valence-corrected chi connectivity index (χ1v) is 10.7. The van der Waals surface area contributed by atoms with Gasteiger partial charge in [-0.3, -0.25) is 4.79 Å². The van der Waals surface area contributed by atoms with E-state index in [9.17, 15) is 18.0 Å². The molecule has 0 fully saturated rings. The van der Waals surface area contributed by atoms with Crippen molar-refractivity contribution in [2.45, 2.75) is 45.2 Å². The molecular weight excluding hydrogens is 451 g/mol. The third kappa shape index (κ3) is 6.06. The number of benzene rings is 1. The fourth-order valence-corrected chi connectivity index (χ4v) is 3.56. The molecule has 0 aliphatic heterocycles. The number of carbonyl (C=O) groups is 1. The van der Waals surface area contributed by atoms with E-state index in [-0.39, 0.29) is 24.8 Å². The summed E-state index contributed by atoms with van der Waals surface area (Å²) in [6.45, 7) is 4.20. The summed E-state index contributed by atoms with van der Waals surface area (Å²) in [5, 5.41) is 13.6. The number of hydrogen-bond acceptors (Lipinski definition) is 5. The van der Waals surface area contributed by atoms with Crippen LogP contribution < -0.4 is 9.47 Å². The van der Waals surface area contributed by atoms with Gasteiger partial charge in [-0.25, -0.2) is 9.67 Å². The first-order valence-electron chi connectivity index (χ1n) is 10.7. The van der Waals surface area contributed by atoms with Gasteiger partial charge in [-0.1, -0.05) is 26.0 Å². The Kier molecular flexibility index (Phi) is 7.80. The Labute approximate surface area is 195 Å². The van der Waals surface area contributed by atoms with Gasteiger partial charge in [-0.15, -0.1) is 0 Å². The number of halogens is 3. The topological polar surface area (TPSA) is 86.5 Å². The number of carboxylic acids is 1. The van der Waals surface area contributed by atoms with Gasteiger partial charge in [0.15, 0.2) is 17.3 Å². The van der Waals surface area contributed by atoms with Crippen molar-refractivity contribution in [2.75, 3.05) is 13.7 Å². The zero-order chi connectivity index (χ0) is 24.9. The first-order chi connectivity index (χ1) is 16.1. The van der Waals surface area contributed by atoms with Gasteiger partial charge < -0.3 is 14.6 Å². The summed E-state index contributed by atoms with van der Waals surface area (Å²) in [7, 11) is 1.48. The fourth-order valence-electron chi connectivity index (χ4n) is 3.56. The number of alkyl halides is 3. The summed E-state index contributed by atoms with van der Waals surface area (Å²) in [5.74, 6) is 0.00612. The molecule has 182 valence electrons. The molecule has 34 heavy (non-hydrogen) atoms. The Balaban J connectivity index is 1.74. The highest BCUT2D eigenvalue weighted by Gasteiger charge is 2.31.